The van der Waals surface area contributed by atoms with Crippen molar-refractivity contribution in [3.63, 3.8) is 0 Å². The average molecular weight is 487 g/mol. The molecule has 0 radical (unpaired) electrons. The van der Waals surface area contributed by atoms with Gasteiger partial charge in [-0.05, 0) is 54.8 Å². The van der Waals surface area contributed by atoms with Crippen molar-refractivity contribution in [1.29, 1.82) is 0 Å². The van der Waals surface area contributed by atoms with Crippen molar-refractivity contribution in [3.8, 4) is 22.5 Å². The first kappa shape index (κ1) is 21.3. The SMILES string of the molecule is C1=Cc2c(n(-c3ccc(-c4ccccc4-n4c5ccccc5c5ccccc54)cc3)c3ccccc23)CC1. The lowest BCUT2D eigenvalue weighted by Crippen LogP contribution is -2.03. The Labute approximate surface area is 221 Å². The molecule has 0 saturated heterocycles. The van der Waals surface area contributed by atoms with Gasteiger partial charge in [-0.2, -0.15) is 0 Å². The summed E-state index contributed by atoms with van der Waals surface area (Å²) in [4.78, 5) is 0. The molecule has 0 fully saturated rings. The van der Waals surface area contributed by atoms with Crippen LogP contribution in [0, 0.1) is 0 Å². The van der Waals surface area contributed by atoms with Crippen LogP contribution in [0.4, 0.5) is 0 Å². The van der Waals surface area contributed by atoms with Crippen LogP contribution in [-0.2, 0) is 6.42 Å². The number of fused-ring (bicyclic) bond motifs is 6. The number of allylic oxidation sites excluding steroid dienone is 1. The fraction of sp³-hybridized carbons (Fsp3) is 0.0556. The Kier molecular flexibility index (Phi) is 4.68. The number of rotatable bonds is 3. The zero-order valence-corrected chi connectivity index (χ0v) is 21.0. The van der Waals surface area contributed by atoms with Crippen molar-refractivity contribution in [2.75, 3.05) is 0 Å². The fourth-order valence-corrected chi connectivity index (χ4v) is 6.35. The summed E-state index contributed by atoms with van der Waals surface area (Å²) in [7, 11) is 0. The molecule has 2 nitrogen and oxygen atoms in total. The molecule has 0 atom stereocenters. The van der Waals surface area contributed by atoms with E-state index in [0.29, 0.717) is 0 Å². The van der Waals surface area contributed by atoms with E-state index in [1.807, 2.05) is 0 Å². The van der Waals surface area contributed by atoms with E-state index in [2.05, 4.69) is 143 Å². The van der Waals surface area contributed by atoms with Gasteiger partial charge in [0.25, 0.3) is 0 Å². The highest BCUT2D eigenvalue weighted by molar-refractivity contribution is 6.09. The maximum absolute atomic E-state index is 2.46. The van der Waals surface area contributed by atoms with E-state index in [-0.39, 0.29) is 0 Å². The molecule has 2 aromatic heterocycles. The number of nitrogens with zero attached hydrogens (tertiary/aromatic N) is 2. The van der Waals surface area contributed by atoms with E-state index in [0.717, 1.165) is 12.8 Å². The van der Waals surface area contributed by atoms with E-state index in [1.165, 1.54) is 66.5 Å². The van der Waals surface area contributed by atoms with Crippen molar-refractivity contribution in [1.82, 2.24) is 9.13 Å². The highest BCUT2D eigenvalue weighted by Gasteiger charge is 2.19. The number of hydrogen-bond donors (Lipinski definition) is 0. The molecule has 0 unspecified atom stereocenters. The molecule has 0 saturated carbocycles. The third-order valence-electron chi connectivity index (χ3n) is 8.01. The Morgan fingerprint density at radius 1 is 0.500 bits per heavy atom. The Balaban J connectivity index is 1.30. The third kappa shape index (κ3) is 3.07. The number of hydrogen-bond acceptors (Lipinski definition) is 0. The predicted octanol–water partition coefficient (Wildman–Crippen LogP) is 9.35. The molecule has 5 aromatic carbocycles. The Bertz CT molecular complexity index is 1960. The first-order valence-electron chi connectivity index (χ1n) is 13.4. The normalized spacial score (nSPS) is 12.9. The molecule has 0 spiro atoms. The second-order valence-corrected chi connectivity index (χ2v) is 10.1. The summed E-state index contributed by atoms with van der Waals surface area (Å²) in [6.07, 6.45) is 6.76. The molecule has 1 aliphatic rings. The smallest absolute Gasteiger partial charge is 0.0541 e. The molecule has 38 heavy (non-hydrogen) atoms. The van der Waals surface area contributed by atoms with Crippen molar-refractivity contribution in [2.45, 2.75) is 12.8 Å². The van der Waals surface area contributed by atoms with Crippen LogP contribution < -0.4 is 0 Å². The number of aromatic nitrogens is 2. The summed E-state index contributed by atoms with van der Waals surface area (Å²) in [5.74, 6) is 0. The lowest BCUT2D eigenvalue weighted by molar-refractivity contribution is 0.888. The van der Waals surface area contributed by atoms with Gasteiger partial charge in [0.2, 0.25) is 0 Å². The van der Waals surface area contributed by atoms with Gasteiger partial charge in [0.05, 0.1) is 22.2 Å². The topological polar surface area (TPSA) is 9.86 Å². The van der Waals surface area contributed by atoms with Crippen molar-refractivity contribution in [2.24, 2.45) is 0 Å². The monoisotopic (exact) mass is 486 g/mol. The number of para-hydroxylation sites is 4. The van der Waals surface area contributed by atoms with Crippen molar-refractivity contribution < 1.29 is 0 Å². The molecule has 2 heteroatoms. The highest BCUT2D eigenvalue weighted by atomic mass is 15.0. The Hall–Kier alpha value is -4.82. The summed E-state index contributed by atoms with van der Waals surface area (Å²) in [6, 6.07) is 44.1. The van der Waals surface area contributed by atoms with Crippen LogP contribution in [0.1, 0.15) is 17.7 Å². The lowest BCUT2D eigenvalue weighted by Gasteiger charge is -2.16. The van der Waals surface area contributed by atoms with Crippen molar-refractivity contribution >= 4 is 38.8 Å². The summed E-state index contributed by atoms with van der Waals surface area (Å²) >= 11 is 0. The largest absolute Gasteiger partial charge is 0.313 e. The third-order valence-corrected chi connectivity index (χ3v) is 8.01. The van der Waals surface area contributed by atoms with Crippen LogP contribution in [-0.4, -0.2) is 9.13 Å². The van der Waals surface area contributed by atoms with Crippen LogP contribution in [0.15, 0.2) is 127 Å². The second-order valence-electron chi connectivity index (χ2n) is 10.1. The van der Waals surface area contributed by atoms with E-state index in [4.69, 9.17) is 0 Å². The van der Waals surface area contributed by atoms with Crippen LogP contribution in [0.25, 0.3) is 61.3 Å². The van der Waals surface area contributed by atoms with Gasteiger partial charge >= 0.3 is 0 Å². The van der Waals surface area contributed by atoms with Gasteiger partial charge in [0.15, 0.2) is 0 Å². The van der Waals surface area contributed by atoms with Crippen LogP contribution in [0.3, 0.4) is 0 Å². The molecular formula is C36H26N2. The maximum Gasteiger partial charge on any atom is 0.0541 e. The zero-order valence-electron chi connectivity index (χ0n) is 21.0. The van der Waals surface area contributed by atoms with Crippen LogP contribution >= 0.6 is 0 Å². The fourth-order valence-electron chi connectivity index (χ4n) is 6.35. The van der Waals surface area contributed by atoms with Gasteiger partial charge in [-0.15, -0.1) is 0 Å². The molecular weight excluding hydrogens is 460 g/mol. The lowest BCUT2D eigenvalue weighted by atomic mass is 10.0. The molecule has 180 valence electrons. The van der Waals surface area contributed by atoms with Gasteiger partial charge in [-0.1, -0.05) is 97.1 Å². The molecule has 2 heterocycles. The minimum atomic E-state index is 1.07. The molecule has 0 bridgehead atoms. The van der Waals surface area contributed by atoms with Crippen LogP contribution in [0.5, 0.6) is 0 Å². The molecule has 0 N–H and O–H groups in total. The Morgan fingerprint density at radius 3 is 1.79 bits per heavy atom. The molecule has 0 amide bonds. The predicted molar refractivity (Wildman–Crippen MR) is 160 cm³/mol. The zero-order chi connectivity index (χ0) is 25.1. The van der Waals surface area contributed by atoms with Gasteiger partial charge in [-0.25, -0.2) is 0 Å². The van der Waals surface area contributed by atoms with E-state index in [1.54, 1.807) is 0 Å². The van der Waals surface area contributed by atoms with Crippen LogP contribution in [0.2, 0.25) is 0 Å². The van der Waals surface area contributed by atoms with E-state index in [9.17, 15) is 0 Å². The highest BCUT2D eigenvalue weighted by Crippen LogP contribution is 2.37. The summed E-state index contributed by atoms with van der Waals surface area (Å²) in [5, 5.41) is 3.90. The van der Waals surface area contributed by atoms with E-state index >= 15 is 0 Å². The molecule has 8 rings (SSSR count). The van der Waals surface area contributed by atoms with Gasteiger partial charge in [0.1, 0.15) is 0 Å². The Morgan fingerprint density at radius 2 is 1.08 bits per heavy atom. The standard InChI is InChI=1S/C36H26N2/c1-6-16-32(38-35-19-9-4-14-30(35)31-15-5-10-20-36(31)38)27(11-1)25-21-23-26(24-22-25)37-33-17-7-2-12-28(33)29-13-3-8-18-34(29)37/h1-7,9-17,19-24H,8,18H2. The first-order chi connectivity index (χ1) is 18.9. The summed E-state index contributed by atoms with van der Waals surface area (Å²) < 4.78 is 4.87. The quantitative estimate of drug-likeness (QED) is 0.235. The number of benzene rings is 5. The molecule has 1 aliphatic carbocycles. The minimum Gasteiger partial charge on any atom is -0.313 e. The summed E-state index contributed by atoms with van der Waals surface area (Å²) in [5.41, 5.74) is 11.4. The van der Waals surface area contributed by atoms with Crippen molar-refractivity contribution in [3.05, 3.63) is 139 Å². The second kappa shape index (κ2) is 8.36. The molecule has 0 aliphatic heterocycles. The van der Waals surface area contributed by atoms with Gasteiger partial charge in [-0.3, -0.25) is 0 Å². The van der Waals surface area contributed by atoms with E-state index < -0.39 is 0 Å². The average Bonchev–Trinajstić information content (AvgIpc) is 3.51. The summed E-state index contributed by atoms with van der Waals surface area (Å²) in [6.45, 7) is 0. The van der Waals surface area contributed by atoms with Gasteiger partial charge in [0, 0.05) is 38.7 Å². The van der Waals surface area contributed by atoms with Gasteiger partial charge < -0.3 is 9.13 Å². The molecule has 7 aromatic rings. The maximum atomic E-state index is 2.46. The first-order valence-corrected chi connectivity index (χ1v) is 13.4. The minimum absolute atomic E-state index is 1.07.